The van der Waals surface area contributed by atoms with Crippen molar-refractivity contribution in [3.63, 3.8) is 0 Å². The van der Waals surface area contributed by atoms with Gasteiger partial charge in [-0.2, -0.15) is 5.26 Å². The number of likely N-dealkylation sites (tertiary alicyclic amines) is 1. The fraction of sp³-hybridized carbons (Fsp3) is 0.308. The number of anilines is 1. The molecular formula is C13H13N3O2. The lowest BCUT2D eigenvalue weighted by atomic mass is 10.0. The number of nitriles is 1. The minimum Gasteiger partial charge on any atom is -0.374 e. The first-order chi connectivity index (χ1) is 8.61. The number of amides is 2. The smallest absolute Gasteiger partial charge is 0.251 e. The second kappa shape index (κ2) is 4.88. The highest BCUT2D eigenvalue weighted by Crippen LogP contribution is 2.18. The van der Waals surface area contributed by atoms with Gasteiger partial charge in [-0.3, -0.25) is 14.5 Å². The number of nitrogens with zero attached hydrogens (tertiary/aromatic N) is 2. The molecule has 5 heteroatoms. The molecule has 0 aromatic heterocycles. The Morgan fingerprint density at radius 3 is 2.94 bits per heavy atom. The van der Waals surface area contributed by atoms with E-state index in [-0.39, 0.29) is 11.8 Å². The molecule has 0 aliphatic carbocycles. The van der Waals surface area contributed by atoms with Gasteiger partial charge in [-0.05, 0) is 24.6 Å². The lowest BCUT2D eigenvalue weighted by molar-refractivity contribution is -0.146. The molecule has 18 heavy (non-hydrogen) atoms. The Balaban J connectivity index is 2.12. The van der Waals surface area contributed by atoms with Crippen LogP contribution in [0.5, 0.6) is 0 Å². The third-order valence-corrected chi connectivity index (χ3v) is 2.98. The third kappa shape index (κ3) is 2.33. The van der Waals surface area contributed by atoms with Gasteiger partial charge >= 0.3 is 0 Å². The number of imide groups is 1. The average molecular weight is 243 g/mol. The molecule has 1 N–H and O–H groups in total. The number of likely N-dealkylation sites (N-methyl/N-ethyl adjacent to an activating group) is 1. The van der Waals surface area contributed by atoms with Gasteiger partial charge in [0, 0.05) is 19.2 Å². The number of rotatable bonds is 2. The van der Waals surface area contributed by atoms with Crippen LogP contribution in [0.4, 0.5) is 5.69 Å². The number of hydrogen-bond acceptors (Lipinski definition) is 4. The molecule has 0 saturated carbocycles. The summed E-state index contributed by atoms with van der Waals surface area (Å²) >= 11 is 0. The van der Waals surface area contributed by atoms with Crippen LogP contribution in [0.25, 0.3) is 0 Å². The molecular weight excluding hydrogens is 230 g/mol. The molecule has 1 aliphatic rings. The van der Waals surface area contributed by atoms with E-state index in [1.54, 1.807) is 24.3 Å². The predicted molar refractivity (Wildman–Crippen MR) is 65.6 cm³/mol. The number of nitrogens with one attached hydrogen (secondary N) is 1. The van der Waals surface area contributed by atoms with Gasteiger partial charge in [0.2, 0.25) is 5.91 Å². The van der Waals surface area contributed by atoms with Crippen molar-refractivity contribution >= 4 is 17.5 Å². The highest BCUT2D eigenvalue weighted by molar-refractivity contribution is 6.01. The second-order valence-corrected chi connectivity index (χ2v) is 4.22. The SMILES string of the molecule is CN1C(=O)CCC(Nc2cccc(C#N)c2)C1=O. The van der Waals surface area contributed by atoms with Gasteiger partial charge in [0.05, 0.1) is 11.6 Å². The maximum Gasteiger partial charge on any atom is 0.251 e. The molecule has 2 amide bonds. The largest absolute Gasteiger partial charge is 0.374 e. The zero-order valence-electron chi connectivity index (χ0n) is 10.0. The molecule has 1 unspecified atom stereocenters. The van der Waals surface area contributed by atoms with E-state index in [2.05, 4.69) is 5.32 Å². The summed E-state index contributed by atoms with van der Waals surface area (Å²) in [6.07, 6.45) is 0.844. The molecule has 0 radical (unpaired) electrons. The van der Waals surface area contributed by atoms with Gasteiger partial charge in [0.25, 0.3) is 5.91 Å². The Hall–Kier alpha value is -2.35. The molecule has 0 spiro atoms. The molecule has 1 aliphatic heterocycles. The van der Waals surface area contributed by atoms with Crippen molar-refractivity contribution in [2.24, 2.45) is 0 Å². The highest BCUT2D eigenvalue weighted by Gasteiger charge is 2.31. The summed E-state index contributed by atoms with van der Waals surface area (Å²) in [5, 5.41) is 11.9. The van der Waals surface area contributed by atoms with Crippen molar-refractivity contribution in [3.05, 3.63) is 29.8 Å². The fourth-order valence-electron chi connectivity index (χ4n) is 1.93. The Bertz CT molecular complexity index is 533. The summed E-state index contributed by atoms with van der Waals surface area (Å²) in [5.74, 6) is -0.377. The van der Waals surface area contributed by atoms with Gasteiger partial charge in [-0.15, -0.1) is 0 Å². The van der Waals surface area contributed by atoms with Crippen LogP contribution in [0.3, 0.4) is 0 Å². The molecule has 1 aromatic rings. The van der Waals surface area contributed by atoms with Gasteiger partial charge < -0.3 is 5.32 Å². The van der Waals surface area contributed by atoms with Crippen molar-refractivity contribution in [3.8, 4) is 6.07 Å². The van der Waals surface area contributed by atoms with Gasteiger partial charge in [0.15, 0.2) is 0 Å². The van der Waals surface area contributed by atoms with Crippen molar-refractivity contribution < 1.29 is 9.59 Å². The molecule has 1 atom stereocenters. The van der Waals surface area contributed by atoms with E-state index in [0.29, 0.717) is 18.4 Å². The Morgan fingerprint density at radius 1 is 1.44 bits per heavy atom. The van der Waals surface area contributed by atoms with E-state index in [9.17, 15) is 9.59 Å². The van der Waals surface area contributed by atoms with Crippen LogP contribution in [-0.4, -0.2) is 29.8 Å². The average Bonchev–Trinajstić information content (AvgIpc) is 2.40. The number of piperidine rings is 1. The van der Waals surface area contributed by atoms with Gasteiger partial charge in [-0.25, -0.2) is 0 Å². The van der Waals surface area contributed by atoms with E-state index in [0.717, 1.165) is 10.6 Å². The highest BCUT2D eigenvalue weighted by atomic mass is 16.2. The molecule has 1 heterocycles. The maximum absolute atomic E-state index is 11.9. The topological polar surface area (TPSA) is 73.2 Å². The number of benzene rings is 1. The molecule has 1 fully saturated rings. The van der Waals surface area contributed by atoms with Crippen LogP contribution < -0.4 is 5.32 Å². The van der Waals surface area contributed by atoms with Gasteiger partial charge in [0.1, 0.15) is 6.04 Å². The van der Waals surface area contributed by atoms with Crippen LogP contribution in [0.2, 0.25) is 0 Å². The molecule has 5 nitrogen and oxygen atoms in total. The van der Waals surface area contributed by atoms with E-state index in [4.69, 9.17) is 5.26 Å². The maximum atomic E-state index is 11.9. The number of carbonyl (C=O) groups is 2. The monoisotopic (exact) mass is 243 g/mol. The van der Waals surface area contributed by atoms with Crippen LogP contribution >= 0.6 is 0 Å². The third-order valence-electron chi connectivity index (χ3n) is 2.98. The van der Waals surface area contributed by atoms with Crippen LogP contribution in [0.1, 0.15) is 18.4 Å². The molecule has 1 saturated heterocycles. The lowest BCUT2D eigenvalue weighted by Crippen LogP contribution is -2.48. The summed E-state index contributed by atoms with van der Waals surface area (Å²) in [7, 11) is 1.49. The molecule has 92 valence electrons. The summed E-state index contributed by atoms with van der Waals surface area (Å²) in [6.45, 7) is 0. The Labute approximate surface area is 105 Å². The summed E-state index contributed by atoms with van der Waals surface area (Å²) < 4.78 is 0. The number of hydrogen-bond donors (Lipinski definition) is 1. The molecule has 0 bridgehead atoms. The van der Waals surface area contributed by atoms with E-state index >= 15 is 0 Å². The minimum atomic E-state index is -0.401. The van der Waals surface area contributed by atoms with Crippen molar-refractivity contribution in [2.75, 3.05) is 12.4 Å². The summed E-state index contributed by atoms with van der Waals surface area (Å²) in [5.41, 5.74) is 1.25. The predicted octanol–water partition coefficient (Wildman–Crippen LogP) is 1.12. The summed E-state index contributed by atoms with van der Waals surface area (Å²) in [6, 6.07) is 8.57. The van der Waals surface area contributed by atoms with Crippen molar-refractivity contribution in [2.45, 2.75) is 18.9 Å². The first-order valence-electron chi connectivity index (χ1n) is 5.69. The lowest BCUT2D eigenvalue weighted by Gasteiger charge is -2.28. The van der Waals surface area contributed by atoms with Crippen LogP contribution in [0, 0.1) is 11.3 Å². The standard InChI is InChI=1S/C13H13N3O2/c1-16-12(17)6-5-11(13(16)18)15-10-4-2-3-9(7-10)8-14/h2-4,7,11,15H,5-6H2,1H3. The van der Waals surface area contributed by atoms with Crippen molar-refractivity contribution in [1.82, 2.24) is 4.90 Å². The minimum absolute atomic E-state index is 0.149. The molecule has 1 aromatic carbocycles. The second-order valence-electron chi connectivity index (χ2n) is 4.22. The normalized spacial score (nSPS) is 19.6. The van der Waals surface area contributed by atoms with E-state index in [1.165, 1.54) is 7.05 Å². The Morgan fingerprint density at radius 2 is 2.22 bits per heavy atom. The van der Waals surface area contributed by atoms with E-state index in [1.807, 2.05) is 6.07 Å². The van der Waals surface area contributed by atoms with Crippen molar-refractivity contribution in [1.29, 1.82) is 5.26 Å². The first kappa shape index (κ1) is 12.1. The van der Waals surface area contributed by atoms with Crippen LogP contribution in [-0.2, 0) is 9.59 Å². The first-order valence-corrected chi connectivity index (χ1v) is 5.69. The van der Waals surface area contributed by atoms with Crippen LogP contribution in [0.15, 0.2) is 24.3 Å². The fourth-order valence-corrected chi connectivity index (χ4v) is 1.93. The number of carbonyl (C=O) groups excluding carboxylic acids is 2. The quantitative estimate of drug-likeness (QED) is 0.790. The Kier molecular flexibility index (Phi) is 3.28. The van der Waals surface area contributed by atoms with Gasteiger partial charge in [-0.1, -0.05) is 6.07 Å². The zero-order chi connectivity index (χ0) is 13.1. The van der Waals surface area contributed by atoms with E-state index < -0.39 is 6.04 Å². The zero-order valence-corrected chi connectivity index (χ0v) is 10.0. The molecule has 2 rings (SSSR count). The summed E-state index contributed by atoms with van der Waals surface area (Å²) in [4.78, 5) is 24.4.